The zero-order valence-electron chi connectivity index (χ0n) is 17.5. The van der Waals surface area contributed by atoms with E-state index < -0.39 is 11.7 Å². The van der Waals surface area contributed by atoms with Crippen molar-refractivity contribution in [2.45, 2.75) is 25.1 Å². The monoisotopic (exact) mass is 548 g/mol. The van der Waals surface area contributed by atoms with Gasteiger partial charge >= 0.3 is 6.18 Å². The lowest BCUT2D eigenvalue weighted by Crippen LogP contribution is -2.38. The van der Waals surface area contributed by atoms with E-state index >= 15 is 0 Å². The summed E-state index contributed by atoms with van der Waals surface area (Å²) in [5.41, 5.74) is 7.07. The van der Waals surface area contributed by atoms with Gasteiger partial charge in [-0.1, -0.05) is 18.2 Å². The number of guanidine groups is 1. The van der Waals surface area contributed by atoms with Crippen LogP contribution in [0.4, 0.5) is 18.9 Å². The van der Waals surface area contributed by atoms with Crippen molar-refractivity contribution in [2.24, 2.45) is 16.6 Å². The van der Waals surface area contributed by atoms with Gasteiger partial charge in [0.15, 0.2) is 5.96 Å². The van der Waals surface area contributed by atoms with Crippen LogP contribution in [0, 0.1) is 5.92 Å². The van der Waals surface area contributed by atoms with Crippen LogP contribution >= 0.6 is 24.0 Å². The molecule has 2 aromatic carbocycles. The number of likely N-dealkylation sites (tertiary alicyclic amines) is 1. The van der Waals surface area contributed by atoms with Crippen molar-refractivity contribution in [3.8, 4) is 5.75 Å². The van der Waals surface area contributed by atoms with Gasteiger partial charge in [-0.15, -0.1) is 24.0 Å². The van der Waals surface area contributed by atoms with Crippen molar-refractivity contribution in [1.82, 2.24) is 4.90 Å². The highest BCUT2D eigenvalue weighted by atomic mass is 127. The minimum absolute atomic E-state index is 0. The molecule has 0 radical (unpaired) electrons. The van der Waals surface area contributed by atoms with Gasteiger partial charge in [0.25, 0.3) is 0 Å². The molecule has 3 N–H and O–H groups in total. The molecule has 2 aromatic rings. The van der Waals surface area contributed by atoms with E-state index in [0.29, 0.717) is 18.3 Å². The van der Waals surface area contributed by atoms with Crippen molar-refractivity contribution in [2.75, 3.05) is 32.6 Å². The van der Waals surface area contributed by atoms with Crippen LogP contribution in [0.25, 0.3) is 0 Å². The lowest BCUT2D eigenvalue weighted by atomic mass is 9.84. The number of rotatable bonds is 5. The Bertz CT molecular complexity index is 874. The average molecular weight is 548 g/mol. The van der Waals surface area contributed by atoms with Gasteiger partial charge in [0.05, 0.1) is 12.7 Å². The number of nitrogens with one attached hydrogen (secondary N) is 1. The molecule has 31 heavy (non-hydrogen) atoms. The minimum atomic E-state index is -4.33. The molecule has 0 amide bonds. The highest BCUT2D eigenvalue weighted by Crippen LogP contribution is 2.37. The minimum Gasteiger partial charge on any atom is -0.497 e. The van der Waals surface area contributed by atoms with Crippen LogP contribution in [0.2, 0.25) is 0 Å². The highest BCUT2D eigenvalue weighted by Gasteiger charge is 2.33. The summed E-state index contributed by atoms with van der Waals surface area (Å²) in [5, 5.41) is 3.06. The lowest BCUT2D eigenvalue weighted by molar-refractivity contribution is -0.137. The standard InChI is InChI=1S/C22H27F3N4O.HI/c1-29-12-4-5-16(20(29)15-8-10-17(11-9-15)22(23,24)25)14-27-21(26)28-18-6-3-7-19(13-18)30-2;/h3,6-11,13,16,20H,4-5,12,14H2,1-2H3,(H3,26,27,28);1H. The maximum atomic E-state index is 12.9. The van der Waals surface area contributed by atoms with Gasteiger partial charge in [-0.3, -0.25) is 9.89 Å². The van der Waals surface area contributed by atoms with E-state index in [0.717, 1.165) is 42.8 Å². The summed E-state index contributed by atoms with van der Waals surface area (Å²) in [6.45, 7) is 1.38. The van der Waals surface area contributed by atoms with Gasteiger partial charge in [0.1, 0.15) is 5.75 Å². The van der Waals surface area contributed by atoms with Crippen molar-refractivity contribution < 1.29 is 17.9 Å². The van der Waals surface area contributed by atoms with Crippen molar-refractivity contribution in [3.63, 3.8) is 0 Å². The molecule has 1 fully saturated rings. The molecule has 3 rings (SSSR count). The molecule has 1 aliphatic rings. The number of ether oxygens (including phenoxy) is 1. The number of hydrogen-bond acceptors (Lipinski definition) is 3. The first-order chi connectivity index (χ1) is 14.3. The Kier molecular flexibility index (Phi) is 8.99. The van der Waals surface area contributed by atoms with Crippen LogP contribution in [0.3, 0.4) is 0 Å². The summed E-state index contributed by atoms with van der Waals surface area (Å²) in [6.07, 6.45) is -2.38. The molecule has 0 spiro atoms. The van der Waals surface area contributed by atoms with Crippen LogP contribution in [0.1, 0.15) is 30.0 Å². The van der Waals surface area contributed by atoms with Gasteiger partial charge in [-0.05, 0) is 62.2 Å². The Morgan fingerprint density at radius 1 is 1.23 bits per heavy atom. The summed E-state index contributed by atoms with van der Waals surface area (Å²) in [5.74, 6) is 1.16. The predicted molar refractivity (Wildman–Crippen MR) is 128 cm³/mol. The number of piperidine rings is 1. The molecule has 9 heteroatoms. The molecule has 0 saturated carbocycles. The SMILES string of the molecule is COc1cccc(NC(N)=NCC2CCCN(C)C2c2ccc(C(F)(F)F)cc2)c1.I. The molecule has 5 nitrogen and oxygen atoms in total. The summed E-state index contributed by atoms with van der Waals surface area (Å²) >= 11 is 0. The van der Waals surface area contributed by atoms with E-state index in [1.807, 2.05) is 31.3 Å². The van der Waals surface area contributed by atoms with Crippen molar-refractivity contribution >= 4 is 35.6 Å². The second-order valence-corrected chi connectivity index (χ2v) is 7.53. The molecule has 0 aromatic heterocycles. The molecule has 0 aliphatic carbocycles. The third kappa shape index (κ3) is 6.73. The summed E-state index contributed by atoms with van der Waals surface area (Å²) in [7, 11) is 3.59. The average Bonchev–Trinajstić information content (AvgIpc) is 2.72. The first-order valence-electron chi connectivity index (χ1n) is 9.86. The second kappa shape index (κ2) is 11.0. The van der Waals surface area contributed by atoms with Crippen LogP contribution < -0.4 is 15.8 Å². The zero-order chi connectivity index (χ0) is 21.7. The number of alkyl halides is 3. The summed E-state index contributed by atoms with van der Waals surface area (Å²) < 4.78 is 43.9. The Morgan fingerprint density at radius 2 is 1.94 bits per heavy atom. The fraction of sp³-hybridized carbons (Fsp3) is 0.409. The molecule has 1 saturated heterocycles. The predicted octanol–water partition coefficient (Wildman–Crippen LogP) is 5.14. The fourth-order valence-corrected chi connectivity index (χ4v) is 3.95. The van der Waals surface area contributed by atoms with E-state index in [4.69, 9.17) is 10.5 Å². The molecule has 1 aliphatic heterocycles. The van der Waals surface area contributed by atoms with Crippen molar-refractivity contribution in [1.29, 1.82) is 0 Å². The highest BCUT2D eigenvalue weighted by molar-refractivity contribution is 14.0. The Morgan fingerprint density at radius 3 is 2.58 bits per heavy atom. The van der Waals surface area contributed by atoms with E-state index in [-0.39, 0.29) is 35.9 Å². The van der Waals surface area contributed by atoms with Crippen molar-refractivity contribution in [3.05, 3.63) is 59.7 Å². The van der Waals surface area contributed by atoms with Gasteiger partial charge < -0.3 is 15.8 Å². The molecule has 2 unspecified atom stereocenters. The van der Waals surface area contributed by atoms with Crippen LogP contribution in [-0.4, -0.2) is 38.1 Å². The summed E-state index contributed by atoms with van der Waals surface area (Å²) in [6, 6.07) is 12.8. The van der Waals surface area contributed by atoms with Crippen LogP contribution in [0.5, 0.6) is 5.75 Å². The lowest BCUT2D eigenvalue weighted by Gasteiger charge is -2.39. The first-order valence-corrected chi connectivity index (χ1v) is 9.86. The van der Waals surface area contributed by atoms with Gasteiger partial charge in [0, 0.05) is 24.3 Å². The normalized spacial score (nSPS) is 20.1. The number of methoxy groups -OCH3 is 1. The Balaban J connectivity index is 0.00000341. The first kappa shape index (κ1) is 25.3. The Hall–Kier alpha value is -2.01. The van der Waals surface area contributed by atoms with Gasteiger partial charge in [0.2, 0.25) is 0 Å². The number of aliphatic imine (C=N–C) groups is 1. The molecule has 2 atom stereocenters. The molecule has 170 valence electrons. The fourth-order valence-electron chi connectivity index (χ4n) is 3.95. The third-order valence-corrected chi connectivity index (χ3v) is 5.42. The third-order valence-electron chi connectivity index (χ3n) is 5.42. The number of nitrogens with zero attached hydrogens (tertiary/aromatic N) is 2. The van der Waals surface area contributed by atoms with E-state index in [1.165, 1.54) is 0 Å². The molecule has 0 bridgehead atoms. The molecular formula is C22H28F3IN4O. The molecule has 1 heterocycles. The molecular weight excluding hydrogens is 520 g/mol. The smallest absolute Gasteiger partial charge is 0.416 e. The van der Waals surface area contributed by atoms with E-state index in [1.54, 1.807) is 19.2 Å². The number of halogens is 4. The van der Waals surface area contributed by atoms with E-state index in [9.17, 15) is 13.2 Å². The second-order valence-electron chi connectivity index (χ2n) is 7.53. The van der Waals surface area contributed by atoms with Crippen LogP contribution in [0.15, 0.2) is 53.5 Å². The van der Waals surface area contributed by atoms with Gasteiger partial charge in [-0.25, -0.2) is 0 Å². The maximum absolute atomic E-state index is 12.9. The zero-order valence-corrected chi connectivity index (χ0v) is 19.9. The number of anilines is 1. The largest absolute Gasteiger partial charge is 0.497 e. The maximum Gasteiger partial charge on any atom is 0.416 e. The summed E-state index contributed by atoms with van der Waals surface area (Å²) in [4.78, 5) is 6.68. The Labute approximate surface area is 197 Å². The topological polar surface area (TPSA) is 62.9 Å². The van der Waals surface area contributed by atoms with Gasteiger partial charge in [-0.2, -0.15) is 13.2 Å². The number of hydrogen-bond donors (Lipinski definition) is 2. The van der Waals surface area contributed by atoms with Crippen LogP contribution in [-0.2, 0) is 6.18 Å². The number of nitrogens with two attached hydrogens (primary N) is 1. The van der Waals surface area contributed by atoms with E-state index in [2.05, 4.69) is 15.2 Å². The quantitative estimate of drug-likeness (QED) is 0.309. The number of benzene rings is 2.